The Balaban J connectivity index is 1.78. The summed E-state index contributed by atoms with van der Waals surface area (Å²) in [5.74, 6) is 2.39. The van der Waals surface area contributed by atoms with Gasteiger partial charge in [0.25, 0.3) is 0 Å². The van der Waals surface area contributed by atoms with Gasteiger partial charge >= 0.3 is 0 Å². The number of hydrogen-bond acceptors (Lipinski definition) is 3. The van der Waals surface area contributed by atoms with E-state index < -0.39 is 0 Å². The zero-order valence-corrected chi connectivity index (χ0v) is 10.9. The molecule has 100 valence electrons. The third-order valence-corrected chi connectivity index (χ3v) is 3.60. The van der Waals surface area contributed by atoms with Crippen LogP contribution in [0.25, 0.3) is 0 Å². The van der Waals surface area contributed by atoms with E-state index in [-0.39, 0.29) is 5.82 Å². The number of nitrogens with zero attached hydrogens (tertiary/aromatic N) is 3. The molecule has 0 spiro atoms. The van der Waals surface area contributed by atoms with Crippen LogP contribution in [0.2, 0.25) is 0 Å². The largest absolute Gasteiger partial charge is 0.316 e. The van der Waals surface area contributed by atoms with E-state index in [1.807, 2.05) is 19.1 Å². The van der Waals surface area contributed by atoms with E-state index in [4.69, 9.17) is 0 Å². The summed E-state index contributed by atoms with van der Waals surface area (Å²) in [7, 11) is 0. The van der Waals surface area contributed by atoms with Crippen LogP contribution in [0.3, 0.4) is 0 Å². The Kier molecular flexibility index (Phi) is 3.29. The maximum atomic E-state index is 12.9. The van der Waals surface area contributed by atoms with Crippen LogP contribution in [0.4, 0.5) is 4.39 Å². The number of aromatic nitrogens is 3. The molecule has 1 aliphatic heterocycles. The number of benzene rings is 1. The number of rotatable bonds is 4. The molecule has 1 aliphatic rings. The van der Waals surface area contributed by atoms with Crippen molar-refractivity contribution in [3.63, 3.8) is 0 Å². The Morgan fingerprint density at radius 3 is 2.63 bits per heavy atom. The molecule has 0 saturated carbocycles. The lowest BCUT2D eigenvalue weighted by Crippen LogP contribution is -2.43. The SMILES string of the molecule is Cc1nnc(CC2CNC2)n1Cc1ccc(F)cc1. The molecule has 1 N–H and O–H groups in total. The van der Waals surface area contributed by atoms with Gasteiger partial charge in [-0.15, -0.1) is 10.2 Å². The molecule has 3 rings (SSSR count). The quantitative estimate of drug-likeness (QED) is 0.906. The first-order valence-electron chi connectivity index (χ1n) is 6.56. The summed E-state index contributed by atoms with van der Waals surface area (Å²) >= 11 is 0. The van der Waals surface area contributed by atoms with E-state index in [9.17, 15) is 4.39 Å². The van der Waals surface area contributed by atoms with Crippen LogP contribution in [0.5, 0.6) is 0 Å². The molecular weight excluding hydrogens is 243 g/mol. The molecule has 5 heteroatoms. The zero-order valence-electron chi connectivity index (χ0n) is 10.9. The summed E-state index contributed by atoms with van der Waals surface area (Å²) in [5.41, 5.74) is 1.07. The molecule has 0 atom stereocenters. The minimum Gasteiger partial charge on any atom is -0.316 e. The normalized spacial score (nSPS) is 15.5. The Morgan fingerprint density at radius 1 is 1.26 bits per heavy atom. The van der Waals surface area contributed by atoms with Gasteiger partial charge < -0.3 is 9.88 Å². The van der Waals surface area contributed by atoms with Crippen molar-refractivity contribution in [1.29, 1.82) is 0 Å². The first kappa shape index (κ1) is 12.3. The van der Waals surface area contributed by atoms with Gasteiger partial charge in [0, 0.05) is 6.42 Å². The molecule has 19 heavy (non-hydrogen) atoms. The van der Waals surface area contributed by atoms with Crippen LogP contribution >= 0.6 is 0 Å². The lowest BCUT2D eigenvalue weighted by atomic mass is 9.99. The van der Waals surface area contributed by atoms with E-state index in [1.165, 1.54) is 12.1 Å². The van der Waals surface area contributed by atoms with Crippen molar-refractivity contribution in [2.24, 2.45) is 5.92 Å². The van der Waals surface area contributed by atoms with Crippen molar-refractivity contribution in [1.82, 2.24) is 20.1 Å². The highest BCUT2D eigenvalue weighted by molar-refractivity contribution is 5.17. The molecule has 0 unspecified atom stereocenters. The summed E-state index contributed by atoms with van der Waals surface area (Å²) in [6.07, 6.45) is 0.953. The zero-order chi connectivity index (χ0) is 13.2. The molecular formula is C14H17FN4. The number of halogens is 1. The van der Waals surface area contributed by atoms with Gasteiger partial charge in [0.05, 0.1) is 6.54 Å². The second kappa shape index (κ2) is 5.09. The topological polar surface area (TPSA) is 42.7 Å². The van der Waals surface area contributed by atoms with Crippen LogP contribution in [0.1, 0.15) is 17.2 Å². The molecule has 0 amide bonds. The predicted octanol–water partition coefficient (Wildman–Crippen LogP) is 1.54. The van der Waals surface area contributed by atoms with Crippen molar-refractivity contribution in [3.8, 4) is 0 Å². The van der Waals surface area contributed by atoms with Gasteiger partial charge in [-0.3, -0.25) is 0 Å². The van der Waals surface area contributed by atoms with E-state index in [1.54, 1.807) is 0 Å². The highest BCUT2D eigenvalue weighted by atomic mass is 19.1. The van der Waals surface area contributed by atoms with Crippen molar-refractivity contribution >= 4 is 0 Å². The average Bonchev–Trinajstić information content (AvgIpc) is 2.69. The highest BCUT2D eigenvalue weighted by Crippen LogP contribution is 2.14. The minimum atomic E-state index is -0.204. The van der Waals surface area contributed by atoms with Gasteiger partial charge in [0.2, 0.25) is 0 Å². The van der Waals surface area contributed by atoms with E-state index in [2.05, 4.69) is 20.1 Å². The second-order valence-corrected chi connectivity index (χ2v) is 5.10. The summed E-state index contributed by atoms with van der Waals surface area (Å²) in [6, 6.07) is 6.60. The van der Waals surface area contributed by atoms with Crippen molar-refractivity contribution in [2.75, 3.05) is 13.1 Å². The summed E-state index contributed by atoms with van der Waals surface area (Å²) < 4.78 is 15.0. The van der Waals surface area contributed by atoms with E-state index >= 15 is 0 Å². The van der Waals surface area contributed by atoms with Gasteiger partial charge in [-0.05, 0) is 43.6 Å². The molecule has 1 saturated heterocycles. The molecule has 0 radical (unpaired) electrons. The standard InChI is InChI=1S/C14H17FN4/c1-10-17-18-14(6-12-7-16-8-12)19(10)9-11-2-4-13(15)5-3-11/h2-5,12,16H,6-9H2,1H3. The van der Waals surface area contributed by atoms with Crippen LogP contribution in [-0.4, -0.2) is 27.9 Å². The maximum Gasteiger partial charge on any atom is 0.133 e. The molecule has 1 aromatic heterocycles. The third-order valence-electron chi connectivity index (χ3n) is 3.60. The Bertz CT molecular complexity index is 557. The van der Waals surface area contributed by atoms with Crippen LogP contribution in [0, 0.1) is 18.7 Å². The molecule has 4 nitrogen and oxygen atoms in total. The predicted molar refractivity (Wildman–Crippen MR) is 70.3 cm³/mol. The monoisotopic (exact) mass is 260 g/mol. The summed E-state index contributed by atoms with van der Waals surface area (Å²) in [6.45, 7) is 4.78. The first-order chi connectivity index (χ1) is 9.22. The number of hydrogen-bond donors (Lipinski definition) is 1. The molecule has 2 heterocycles. The van der Waals surface area contributed by atoms with Gasteiger partial charge in [0.1, 0.15) is 17.5 Å². The van der Waals surface area contributed by atoms with Crippen molar-refractivity contribution in [3.05, 3.63) is 47.3 Å². The molecule has 1 fully saturated rings. The van der Waals surface area contributed by atoms with Gasteiger partial charge in [-0.2, -0.15) is 0 Å². The van der Waals surface area contributed by atoms with Crippen LogP contribution < -0.4 is 5.32 Å². The van der Waals surface area contributed by atoms with Gasteiger partial charge in [-0.25, -0.2) is 4.39 Å². The Labute approximate surface area is 111 Å². The highest BCUT2D eigenvalue weighted by Gasteiger charge is 2.20. The average molecular weight is 260 g/mol. The van der Waals surface area contributed by atoms with Crippen molar-refractivity contribution < 1.29 is 4.39 Å². The fourth-order valence-corrected chi connectivity index (χ4v) is 2.30. The lowest BCUT2D eigenvalue weighted by molar-refractivity contribution is 0.337. The smallest absolute Gasteiger partial charge is 0.133 e. The van der Waals surface area contributed by atoms with Crippen LogP contribution in [0.15, 0.2) is 24.3 Å². The fourth-order valence-electron chi connectivity index (χ4n) is 2.30. The summed E-state index contributed by atoms with van der Waals surface area (Å²) in [5, 5.41) is 11.7. The summed E-state index contributed by atoms with van der Waals surface area (Å²) in [4.78, 5) is 0. The minimum absolute atomic E-state index is 0.204. The van der Waals surface area contributed by atoms with Gasteiger partial charge in [0.15, 0.2) is 0 Å². The Morgan fingerprint density at radius 2 is 2.00 bits per heavy atom. The van der Waals surface area contributed by atoms with E-state index in [0.717, 1.165) is 36.7 Å². The number of nitrogens with one attached hydrogen (secondary N) is 1. The number of aryl methyl sites for hydroxylation is 1. The van der Waals surface area contributed by atoms with E-state index in [0.29, 0.717) is 12.5 Å². The van der Waals surface area contributed by atoms with Gasteiger partial charge in [-0.1, -0.05) is 12.1 Å². The molecule has 0 bridgehead atoms. The lowest BCUT2D eigenvalue weighted by Gasteiger charge is -2.26. The molecule has 1 aromatic carbocycles. The maximum absolute atomic E-state index is 12.9. The van der Waals surface area contributed by atoms with Crippen molar-refractivity contribution in [2.45, 2.75) is 19.9 Å². The third kappa shape index (κ3) is 2.66. The first-order valence-corrected chi connectivity index (χ1v) is 6.56. The molecule has 0 aliphatic carbocycles. The van der Waals surface area contributed by atoms with Crippen LogP contribution in [-0.2, 0) is 13.0 Å². The molecule has 2 aromatic rings. The second-order valence-electron chi connectivity index (χ2n) is 5.10. The fraction of sp³-hybridized carbons (Fsp3) is 0.429. The Hall–Kier alpha value is -1.75.